The Hall–Kier alpha value is -0.850. The third kappa shape index (κ3) is 2.57. The van der Waals surface area contributed by atoms with Crippen molar-refractivity contribution < 1.29 is 4.52 Å². The topological polar surface area (TPSA) is 51.0 Å². The van der Waals surface area contributed by atoms with Gasteiger partial charge in [0, 0.05) is 16.7 Å². The van der Waals surface area contributed by atoms with Crippen LogP contribution in [0.5, 0.6) is 0 Å². The number of fused-ring (bicyclic) bond motifs is 1. The second-order valence-corrected chi connectivity index (χ2v) is 7.27. The van der Waals surface area contributed by atoms with Crippen molar-refractivity contribution in [3.8, 4) is 10.8 Å². The van der Waals surface area contributed by atoms with Crippen LogP contribution in [0.15, 0.2) is 10.6 Å². The Morgan fingerprint density at radius 2 is 2.37 bits per heavy atom. The first kappa shape index (κ1) is 11.9. The number of nitrogens with zero attached hydrogens (tertiary/aromatic N) is 2. The van der Waals surface area contributed by atoms with E-state index in [0.717, 1.165) is 23.0 Å². The van der Waals surface area contributed by atoms with Gasteiger partial charge in [-0.25, -0.2) is 0 Å². The second kappa shape index (κ2) is 4.92. The van der Waals surface area contributed by atoms with Gasteiger partial charge in [0.2, 0.25) is 0 Å². The lowest BCUT2D eigenvalue weighted by Gasteiger charge is -2.08. The van der Waals surface area contributed by atoms with Crippen LogP contribution in [0.25, 0.3) is 10.8 Å². The molecule has 0 radical (unpaired) electrons. The Labute approximate surface area is 120 Å². The van der Waals surface area contributed by atoms with E-state index in [9.17, 15) is 0 Å². The van der Waals surface area contributed by atoms with Crippen molar-refractivity contribution in [1.82, 2.24) is 15.5 Å². The SMILES string of the molecule is c1c(-c2nc(CNC3CC3)no2)sc2c1CSCC2. The lowest BCUT2D eigenvalue weighted by atomic mass is 10.2. The van der Waals surface area contributed by atoms with Crippen molar-refractivity contribution in [1.29, 1.82) is 0 Å². The minimum Gasteiger partial charge on any atom is -0.333 e. The third-order valence-corrected chi connectivity index (χ3v) is 5.67. The molecule has 100 valence electrons. The van der Waals surface area contributed by atoms with Crippen LogP contribution in [-0.4, -0.2) is 21.9 Å². The Kier molecular flexibility index (Phi) is 3.09. The Morgan fingerprint density at radius 1 is 1.42 bits per heavy atom. The Morgan fingerprint density at radius 3 is 3.21 bits per heavy atom. The van der Waals surface area contributed by atoms with Gasteiger partial charge in [-0.3, -0.25) is 0 Å². The van der Waals surface area contributed by atoms with Crippen molar-refractivity contribution in [3.63, 3.8) is 0 Å². The smallest absolute Gasteiger partial charge is 0.268 e. The highest BCUT2D eigenvalue weighted by atomic mass is 32.2. The highest BCUT2D eigenvalue weighted by Gasteiger charge is 2.22. The van der Waals surface area contributed by atoms with E-state index >= 15 is 0 Å². The average Bonchev–Trinajstić information content (AvgIpc) is 2.99. The van der Waals surface area contributed by atoms with E-state index in [1.807, 2.05) is 23.1 Å². The molecule has 3 heterocycles. The molecule has 4 rings (SSSR count). The predicted molar refractivity (Wildman–Crippen MR) is 77.3 cm³/mol. The molecule has 0 amide bonds. The minimum atomic E-state index is 0.674. The highest BCUT2D eigenvalue weighted by Crippen LogP contribution is 2.36. The quantitative estimate of drug-likeness (QED) is 0.939. The minimum absolute atomic E-state index is 0.674. The Bertz CT molecular complexity index is 565. The van der Waals surface area contributed by atoms with Crippen LogP contribution in [0.4, 0.5) is 0 Å². The first-order valence-corrected chi connectivity index (χ1v) is 8.61. The average molecular weight is 293 g/mol. The van der Waals surface area contributed by atoms with Crippen LogP contribution in [0.3, 0.4) is 0 Å². The van der Waals surface area contributed by atoms with Gasteiger partial charge in [0.05, 0.1) is 11.4 Å². The van der Waals surface area contributed by atoms with E-state index in [2.05, 4.69) is 21.5 Å². The molecule has 2 aromatic heterocycles. The molecular weight excluding hydrogens is 278 g/mol. The van der Waals surface area contributed by atoms with Crippen LogP contribution in [-0.2, 0) is 18.7 Å². The van der Waals surface area contributed by atoms with Crippen molar-refractivity contribution in [2.45, 2.75) is 37.6 Å². The van der Waals surface area contributed by atoms with E-state index in [1.54, 1.807) is 0 Å². The van der Waals surface area contributed by atoms with E-state index in [1.165, 1.54) is 35.5 Å². The molecule has 1 aliphatic heterocycles. The van der Waals surface area contributed by atoms with Crippen LogP contribution in [0, 0.1) is 0 Å². The van der Waals surface area contributed by atoms with Gasteiger partial charge >= 0.3 is 0 Å². The predicted octanol–water partition coefficient (Wildman–Crippen LogP) is 2.84. The summed E-state index contributed by atoms with van der Waals surface area (Å²) >= 11 is 3.81. The second-order valence-electron chi connectivity index (χ2n) is 5.03. The molecule has 1 fully saturated rings. The Balaban J connectivity index is 1.52. The van der Waals surface area contributed by atoms with E-state index in [-0.39, 0.29) is 0 Å². The van der Waals surface area contributed by atoms with Crippen LogP contribution in [0.1, 0.15) is 29.1 Å². The summed E-state index contributed by atoms with van der Waals surface area (Å²) in [7, 11) is 0. The van der Waals surface area contributed by atoms with E-state index < -0.39 is 0 Å². The molecule has 6 heteroatoms. The standard InChI is InChI=1S/C13H15N3OS2/c1-2-9(1)14-6-12-15-13(17-16-12)11-5-8-7-18-4-3-10(8)19-11/h5,9,14H,1-4,6-7H2. The molecule has 0 bridgehead atoms. The lowest BCUT2D eigenvalue weighted by Crippen LogP contribution is -2.16. The number of thioether (sulfide) groups is 1. The van der Waals surface area contributed by atoms with Gasteiger partial charge in [0.1, 0.15) is 0 Å². The summed E-state index contributed by atoms with van der Waals surface area (Å²) in [5, 5.41) is 7.45. The molecular formula is C13H15N3OS2. The maximum absolute atomic E-state index is 5.38. The molecule has 0 saturated heterocycles. The van der Waals surface area contributed by atoms with Crippen LogP contribution < -0.4 is 5.32 Å². The van der Waals surface area contributed by atoms with Crippen molar-refractivity contribution in [2.75, 3.05) is 5.75 Å². The van der Waals surface area contributed by atoms with E-state index in [4.69, 9.17) is 4.52 Å². The fourth-order valence-electron chi connectivity index (χ4n) is 2.20. The van der Waals surface area contributed by atoms with Crippen molar-refractivity contribution in [2.24, 2.45) is 0 Å². The molecule has 1 saturated carbocycles. The monoisotopic (exact) mass is 293 g/mol. The van der Waals surface area contributed by atoms with Gasteiger partial charge in [0.15, 0.2) is 5.82 Å². The molecule has 2 aromatic rings. The fourth-order valence-corrected chi connectivity index (χ4v) is 4.50. The first-order valence-electron chi connectivity index (χ1n) is 6.64. The summed E-state index contributed by atoms with van der Waals surface area (Å²) < 4.78 is 5.38. The molecule has 1 N–H and O–H groups in total. The van der Waals surface area contributed by atoms with Gasteiger partial charge in [-0.05, 0) is 36.6 Å². The van der Waals surface area contributed by atoms with E-state index in [0.29, 0.717) is 11.9 Å². The van der Waals surface area contributed by atoms with Crippen molar-refractivity contribution in [3.05, 3.63) is 22.3 Å². The molecule has 0 unspecified atom stereocenters. The number of hydrogen-bond acceptors (Lipinski definition) is 6. The number of aryl methyl sites for hydroxylation is 1. The van der Waals surface area contributed by atoms with Gasteiger partial charge in [-0.1, -0.05) is 5.16 Å². The summed E-state index contributed by atoms with van der Waals surface area (Å²) in [6.45, 7) is 0.717. The maximum atomic E-state index is 5.38. The zero-order valence-electron chi connectivity index (χ0n) is 10.5. The first-order chi connectivity index (χ1) is 9.38. The molecule has 19 heavy (non-hydrogen) atoms. The van der Waals surface area contributed by atoms with Crippen LogP contribution >= 0.6 is 23.1 Å². The summed E-state index contributed by atoms with van der Waals surface area (Å²) in [5.41, 5.74) is 1.45. The zero-order chi connectivity index (χ0) is 12.7. The lowest BCUT2D eigenvalue weighted by molar-refractivity contribution is 0.420. The third-order valence-electron chi connectivity index (χ3n) is 3.43. The number of nitrogens with one attached hydrogen (secondary N) is 1. The van der Waals surface area contributed by atoms with Gasteiger partial charge in [0.25, 0.3) is 5.89 Å². The largest absolute Gasteiger partial charge is 0.333 e. The van der Waals surface area contributed by atoms with Gasteiger partial charge < -0.3 is 9.84 Å². The molecule has 1 aliphatic carbocycles. The normalized spacial score (nSPS) is 18.5. The number of thiophene rings is 1. The number of aromatic nitrogens is 2. The molecule has 0 aromatic carbocycles. The highest BCUT2D eigenvalue weighted by molar-refractivity contribution is 7.98. The summed E-state index contributed by atoms with van der Waals surface area (Å²) in [5.74, 6) is 3.79. The molecule has 4 nitrogen and oxygen atoms in total. The van der Waals surface area contributed by atoms with Crippen LogP contribution in [0.2, 0.25) is 0 Å². The van der Waals surface area contributed by atoms with Crippen molar-refractivity contribution >= 4 is 23.1 Å². The molecule has 0 spiro atoms. The van der Waals surface area contributed by atoms with Gasteiger partial charge in [-0.2, -0.15) is 16.7 Å². The summed E-state index contributed by atoms with van der Waals surface area (Å²) in [4.78, 5) is 7.10. The fraction of sp³-hybridized carbons (Fsp3) is 0.538. The molecule has 2 aliphatic rings. The zero-order valence-corrected chi connectivity index (χ0v) is 12.1. The number of hydrogen-bond donors (Lipinski definition) is 1. The van der Waals surface area contributed by atoms with Gasteiger partial charge in [-0.15, -0.1) is 11.3 Å². The maximum Gasteiger partial charge on any atom is 0.268 e. The summed E-state index contributed by atoms with van der Waals surface area (Å²) in [6.07, 6.45) is 3.73. The molecule has 0 atom stereocenters. The number of rotatable bonds is 4. The summed E-state index contributed by atoms with van der Waals surface area (Å²) in [6, 6.07) is 2.89.